The second-order valence-corrected chi connectivity index (χ2v) is 11.3. The van der Waals surface area contributed by atoms with Crippen molar-refractivity contribution in [2.45, 2.75) is 45.7 Å². The molecule has 0 bridgehead atoms. The molecule has 0 spiro atoms. The van der Waals surface area contributed by atoms with E-state index in [9.17, 15) is 22.4 Å². The van der Waals surface area contributed by atoms with Crippen molar-refractivity contribution in [2.24, 2.45) is 0 Å². The average Bonchev–Trinajstić information content (AvgIpc) is 2.80. The van der Waals surface area contributed by atoms with Crippen LogP contribution in [0, 0.1) is 5.82 Å². The predicted octanol–water partition coefficient (Wildman–Crippen LogP) is 5.28. The number of anilines is 1. The molecule has 1 atom stereocenters. The van der Waals surface area contributed by atoms with Crippen LogP contribution in [0.4, 0.5) is 10.1 Å². The molecule has 12 heteroatoms. The van der Waals surface area contributed by atoms with Gasteiger partial charge in [0, 0.05) is 13.1 Å². The van der Waals surface area contributed by atoms with Crippen molar-refractivity contribution in [1.82, 2.24) is 10.2 Å². The van der Waals surface area contributed by atoms with Gasteiger partial charge in [-0.25, -0.2) is 12.8 Å². The summed E-state index contributed by atoms with van der Waals surface area (Å²) in [5, 5.41) is 3.16. The van der Waals surface area contributed by atoms with Crippen LogP contribution in [0.5, 0.6) is 0 Å². The van der Waals surface area contributed by atoms with Crippen molar-refractivity contribution in [3.05, 3.63) is 62.8 Å². The number of carbonyl (C=O) groups is 2. The Morgan fingerprint density at radius 3 is 2.28 bits per heavy atom. The lowest BCUT2D eigenvalue weighted by Crippen LogP contribution is -2.52. The summed E-state index contributed by atoms with van der Waals surface area (Å²) in [6.45, 7) is 3.56. The molecule has 2 aromatic carbocycles. The fourth-order valence-corrected chi connectivity index (χ4v) is 4.85. The Hall–Kier alpha value is -2.07. The molecule has 198 valence electrons. The lowest BCUT2D eigenvalue weighted by atomic mass is 10.1. The Balaban J connectivity index is 2.45. The van der Waals surface area contributed by atoms with E-state index in [1.165, 1.54) is 11.0 Å². The molecule has 36 heavy (non-hydrogen) atoms. The lowest BCUT2D eigenvalue weighted by Gasteiger charge is -2.33. The first-order valence-electron chi connectivity index (χ1n) is 11.3. The average molecular weight is 581 g/mol. The van der Waals surface area contributed by atoms with E-state index in [4.69, 9.17) is 34.8 Å². The molecule has 2 rings (SSSR count). The van der Waals surface area contributed by atoms with Crippen LogP contribution in [0.3, 0.4) is 0 Å². The van der Waals surface area contributed by atoms with Crippen molar-refractivity contribution in [3.8, 4) is 0 Å². The first-order valence-corrected chi connectivity index (χ1v) is 14.3. The maximum Gasteiger partial charge on any atom is 0.244 e. The Morgan fingerprint density at radius 2 is 1.72 bits per heavy atom. The van der Waals surface area contributed by atoms with E-state index in [0.29, 0.717) is 17.1 Å². The minimum Gasteiger partial charge on any atom is -0.354 e. The Labute approximate surface area is 226 Å². The van der Waals surface area contributed by atoms with Gasteiger partial charge in [0.1, 0.15) is 18.4 Å². The number of nitrogens with zero attached hydrogens (tertiary/aromatic N) is 2. The third kappa shape index (κ3) is 8.23. The molecule has 0 heterocycles. The highest BCUT2D eigenvalue weighted by atomic mass is 35.5. The number of hydrogen-bond donors (Lipinski definition) is 1. The van der Waals surface area contributed by atoms with Crippen molar-refractivity contribution in [1.29, 1.82) is 0 Å². The zero-order valence-corrected chi connectivity index (χ0v) is 23.3. The summed E-state index contributed by atoms with van der Waals surface area (Å²) >= 11 is 18.0. The maximum atomic E-state index is 13.7. The van der Waals surface area contributed by atoms with Gasteiger partial charge in [-0.05, 0) is 48.7 Å². The molecule has 0 aliphatic carbocycles. The second-order valence-electron chi connectivity index (χ2n) is 8.21. The van der Waals surface area contributed by atoms with Gasteiger partial charge in [0.2, 0.25) is 21.8 Å². The minimum atomic E-state index is -3.97. The van der Waals surface area contributed by atoms with E-state index in [-0.39, 0.29) is 34.6 Å². The molecule has 0 saturated heterocycles. The zero-order valence-electron chi connectivity index (χ0n) is 20.2. The van der Waals surface area contributed by atoms with E-state index in [2.05, 4.69) is 5.32 Å². The van der Waals surface area contributed by atoms with Crippen LogP contribution in [-0.2, 0) is 26.2 Å². The smallest absolute Gasteiger partial charge is 0.244 e. The van der Waals surface area contributed by atoms with Crippen molar-refractivity contribution >= 4 is 62.3 Å². The lowest BCUT2D eigenvalue weighted by molar-refractivity contribution is -0.140. The third-order valence-electron chi connectivity index (χ3n) is 5.42. The molecule has 0 radical (unpaired) electrons. The van der Waals surface area contributed by atoms with Crippen LogP contribution in [0.2, 0.25) is 15.1 Å². The van der Waals surface area contributed by atoms with E-state index >= 15 is 0 Å². The first kappa shape index (κ1) is 30.2. The minimum absolute atomic E-state index is 0.0167. The predicted molar refractivity (Wildman–Crippen MR) is 143 cm³/mol. The van der Waals surface area contributed by atoms with Gasteiger partial charge < -0.3 is 10.2 Å². The van der Waals surface area contributed by atoms with Crippen molar-refractivity contribution < 1.29 is 22.4 Å². The Bertz CT molecular complexity index is 1200. The Kier molecular flexibility index (Phi) is 11.3. The SMILES string of the molecule is CCCCNC(=O)[C@@H](CC)N(Cc1ccc(Cl)c(Cl)c1)C(=O)CN(c1ccc(F)c(Cl)c1)S(C)(=O)=O. The van der Waals surface area contributed by atoms with Crippen LogP contribution in [0.15, 0.2) is 36.4 Å². The van der Waals surface area contributed by atoms with E-state index in [1.54, 1.807) is 25.1 Å². The molecule has 1 N–H and O–H groups in total. The molecular weight excluding hydrogens is 552 g/mol. The van der Waals surface area contributed by atoms with Crippen LogP contribution >= 0.6 is 34.8 Å². The second kappa shape index (κ2) is 13.5. The van der Waals surface area contributed by atoms with Crippen LogP contribution in [0.1, 0.15) is 38.7 Å². The van der Waals surface area contributed by atoms with Gasteiger partial charge in [-0.3, -0.25) is 13.9 Å². The highest BCUT2D eigenvalue weighted by Gasteiger charge is 2.32. The molecular formula is C24H29Cl3FN3O4S. The summed E-state index contributed by atoms with van der Waals surface area (Å²) in [5.41, 5.74) is 0.625. The summed E-state index contributed by atoms with van der Waals surface area (Å²) in [4.78, 5) is 27.9. The van der Waals surface area contributed by atoms with Gasteiger partial charge >= 0.3 is 0 Å². The number of nitrogens with one attached hydrogen (secondary N) is 1. The van der Waals surface area contributed by atoms with Gasteiger partial charge in [-0.1, -0.05) is 61.1 Å². The zero-order chi connectivity index (χ0) is 27.0. The Morgan fingerprint density at radius 1 is 1.03 bits per heavy atom. The molecule has 2 aromatic rings. The largest absolute Gasteiger partial charge is 0.354 e. The van der Waals surface area contributed by atoms with E-state index in [1.807, 2.05) is 6.92 Å². The number of halogens is 4. The van der Waals surface area contributed by atoms with Gasteiger partial charge in [0.15, 0.2) is 0 Å². The summed E-state index contributed by atoms with van der Waals surface area (Å²) in [7, 11) is -3.97. The summed E-state index contributed by atoms with van der Waals surface area (Å²) in [6, 6.07) is 7.32. The van der Waals surface area contributed by atoms with Gasteiger partial charge in [-0.2, -0.15) is 0 Å². The number of sulfonamides is 1. The van der Waals surface area contributed by atoms with Crippen LogP contribution in [0.25, 0.3) is 0 Å². The number of benzene rings is 2. The van der Waals surface area contributed by atoms with Crippen molar-refractivity contribution in [3.63, 3.8) is 0 Å². The number of carbonyl (C=O) groups excluding carboxylic acids is 2. The highest BCUT2D eigenvalue weighted by Crippen LogP contribution is 2.26. The van der Waals surface area contributed by atoms with Gasteiger partial charge in [0.05, 0.1) is 27.0 Å². The molecule has 0 saturated carbocycles. The maximum absolute atomic E-state index is 13.7. The highest BCUT2D eigenvalue weighted by molar-refractivity contribution is 7.92. The summed E-state index contributed by atoms with van der Waals surface area (Å²) in [5.74, 6) is -1.71. The molecule has 7 nitrogen and oxygen atoms in total. The molecule has 0 aliphatic heterocycles. The third-order valence-corrected chi connectivity index (χ3v) is 7.59. The number of rotatable bonds is 12. The molecule has 0 aromatic heterocycles. The van der Waals surface area contributed by atoms with Gasteiger partial charge in [-0.15, -0.1) is 0 Å². The molecule has 0 fully saturated rings. The van der Waals surface area contributed by atoms with E-state index < -0.39 is 34.3 Å². The van der Waals surface area contributed by atoms with Gasteiger partial charge in [0.25, 0.3) is 0 Å². The number of amides is 2. The van der Waals surface area contributed by atoms with Crippen LogP contribution in [-0.4, -0.2) is 50.5 Å². The molecule has 0 unspecified atom stereocenters. The van der Waals surface area contributed by atoms with E-state index in [0.717, 1.165) is 35.5 Å². The number of hydrogen-bond acceptors (Lipinski definition) is 4. The normalized spacial score (nSPS) is 12.2. The fourth-order valence-electron chi connectivity index (χ4n) is 3.51. The molecule has 0 aliphatic rings. The topological polar surface area (TPSA) is 86.8 Å². The summed E-state index contributed by atoms with van der Waals surface area (Å²) in [6.07, 6.45) is 2.87. The van der Waals surface area contributed by atoms with Crippen molar-refractivity contribution in [2.75, 3.05) is 23.7 Å². The van der Waals surface area contributed by atoms with Crippen LogP contribution < -0.4 is 9.62 Å². The molecule has 2 amide bonds. The summed E-state index contributed by atoms with van der Waals surface area (Å²) < 4.78 is 39.7. The monoisotopic (exact) mass is 579 g/mol. The fraction of sp³-hybridized carbons (Fsp3) is 0.417. The standard InChI is InChI=1S/C24H29Cl3FN3O4S/c1-4-6-11-29-24(33)22(5-2)30(14-16-7-9-18(25)19(26)12-16)23(32)15-31(36(3,34)35)17-8-10-21(28)20(27)13-17/h7-10,12-13,22H,4-6,11,14-15H2,1-3H3,(H,29,33)/t22-/m1/s1. The first-order chi connectivity index (χ1) is 16.9. The quantitative estimate of drug-likeness (QED) is 0.346. The number of unbranched alkanes of at least 4 members (excludes halogenated alkanes) is 1.